The van der Waals surface area contributed by atoms with Crippen LogP contribution in [0.2, 0.25) is 0 Å². The molecule has 0 saturated heterocycles. The van der Waals surface area contributed by atoms with E-state index in [1.54, 1.807) is 19.0 Å². The number of amides is 2. The Bertz CT molecular complexity index is 491. The van der Waals surface area contributed by atoms with Gasteiger partial charge in [0.2, 0.25) is 11.8 Å². The van der Waals surface area contributed by atoms with Gasteiger partial charge in [0.05, 0.1) is 6.54 Å². The average Bonchev–Trinajstić information content (AvgIpc) is 2.53. The Morgan fingerprint density at radius 1 is 1.08 bits per heavy atom. The third-order valence-corrected chi connectivity index (χ3v) is 4.39. The van der Waals surface area contributed by atoms with Crippen molar-refractivity contribution in [3.8, 4) is 0 Å². The van der Waals surface area contributed by atoms with E-state index in [-0.39, 0.29) is 30.4 Å². The molecule has 1 saturated carbocycles. The van der Waals surface area contributed by atoms with E-state index in [2.05, 4.69) is 15.6 Å². The fourth-order valence-electron chi connectivity index (χ4n) is 2.97. The van der Waals surface area contributed by atoms with Crippen LogP contribution in [0.4, 0.5) is 0 Å². The molecule has 0 spiro atoms. The van der Waals surface area contributed by atoms with Crippen LogP contribution >= 0.6 is 0 Å². The molecule has 0 aromatic carbocycles. The van der Waals surface area contributed by atoms with E-state index in [0.29, 0.717) is 11.9 Å². The molecule has 26 heavy (non-hydrogen) atoms. The van der Waals surface area contributed by atoms with Crippen LogP contribution in [-0.2, 0) is 9.59 Å². The second-order valence-electron chi connectivity index (χ2n) is 8.47. The average molecular weight is 368 g/mol. The summed E-state index contributed by atoms with van der Waals surface area (Å²) in [5, 5.41) is 6.33. The lowest BCUT2D eigenvalue weighted by Crippen LogP contribution is -2.49. The van der Waals surface area contributed by atoms with Gasteiger partial charge >= 0.3 is 0 Å². The van der Waals surface area contributed by atoms with E-state index in [1.165, 1.54) is 37.0 Å². The van der Waals surface area contributed by atoms with Gasteiger partial charge in [-0.25, -0.2) is 4.99 Å². The maximum absolute atomic E-state index is 12.2. The van der Waals surface area contributed by atoms with Crippen molar-refractivity contribution in [3.63, 3.8) is 0 Å². The molecule has 7 heteroatoms. The van der Waals surface area contributed by atoms with Crippen LogP contribution in [0.5, 0.6) is 0 Å². The number of aliphatic imine (C=N–C) groups is 1. The predicted octanol–water partition coefficient (Wildman–Crippen LogP) is 1.45. The molecule has 0 aromatic heterocycles. The molecule has 1 fully saturated rings. The first kappa shape index (κ1) is 22.3. The van der Waals surface area contributed by atoms with Crippen molar-refractivity contribution >= 4 is 17.8 Å². The summed E-state index contributed by atoms with van der Waals surface area (Å²) < 4.78 is 0. The Balaban J connectivity index is 2.69. The highest BCUT2D eigenvalue weighted by Crippen LogP contribution is 2.22. The first-order chi connectivity index (χ1) is 12.1. The normalized spacial score (nSPS) is 16.2. The van der Waals surface area contributed by atoms with E-state index < -0.39 is 0 Å². The summed E-state index contributed by atoms with van der Waals surface area (Å²) in [6.07, 6.45) is 6.33. The number of hydrogen-bond donors (Lipinski definition) is 2. The summed E-state index contributed by atoms with van der Waals surface area (Å²) in [4.78, 5) is 31.8. The Morgan fingerprint density at radius 3 is 2.23 bits per heavy atom. The highest BCUT2D eigenvalue weighted by molar-refractivity contribution is 5.88. The minimum absolute atomic E-state index is 0.0606. The van der Waals surface area contributed by atoms with Crippen LogP contribution in [0.1, 0.15) is 52.9 Å². The number of carbonyl (C=O) groups is 2. The zero-order chi connectivity index (χ0) is 19.7. The van der Waals surface area contributed by atoms with Crippen LogP contribution in [0.15, 0.2) is 4.99 Å². The van der Waals surface area contributed by atoms with Gasteiger partial charge in [-0.05, 0) is 39.5 Å². The highest BCUT2D eigenvalue weighted by atomic mass is 16.2. The molecule has 0 aliphatic heterocycles. The molecule has 0 heterocycles. The SMILES string of the molecule is CN(C)C(=O)CN=C(NCC1CCCCC1)N(C)CC(=O)NC(C)(C)C. The summed E-state index contributed by atoms with van der Waals surface area (Å²) in [5.41, 5.74) is -0.272. The molecule has 150 valence electrons. The van der Waals surface area contributed by atoms with Crippen molar-refractivity contribution in [2.24, 2.45) is 10.9 Å². The molecule has 1 aliphatic rings. The summed E-state index contributed by atoms with van der Waals surface area (Å²) in [6.45, 7) is 6.97. The standard InChI is InChI=1S/C19H37N5O2/c1-19(2,3)22-16(25)14-24(6)18(21-13-17(26)23(4)5)20-12-15-10-8-7-9-11-15/h15H,7-14H2,1-6H3,(H,20,21)(H,22,25). The number of carbonyl (C=O) groups excluding carboxylic acids is 2. The first-order valence-electron chi connectivity index (χ1n) is 9.59. The summed E-state index contributed by atoms with van der Waals surface area (Å²) >= 11 is 0. The number of guanidine groups is 1. The smallest absolute Gasteiger partial charge is 0.243 e. The van der Waals surface area contributed by atoms with Gasteiger partial charge < -0.3 is 20.4 Å². The Hall–Kier alpha value is -1.79. The highest BCUT2D eigenvalue weighted by Gasteiger charge is 2.19. The van der Waals surface area contributed by atoms with Gasteiger partial charge in [-0.3, -0.25) is 9.59 Å². The molecule has 2 amide bonds. The zero-order valence-electron chi connectivity index (χ0n) is 17.4. The van der Waals surface area contributed by atoms with Gasteiger partial charge in [-0.2, -0.15) is 0 Å². The summed E-state index contributed by atoms with van der Waals surface area (Å²) in [6, 6.07) is 0. The van der Waals surface area contributed by atoms with E-state index in [1.807, 2.05) is 27.8 Å². The van der Waals surface area contributed by atoms with Crippen molar-refractivity contribution < 1.29 is 9.59 Å². The maximum atomic E-state index is 12.2. The Morgan fingerprint density at radius 2 is 1.69 bits per heavy atom. The van der Waals surface area contributed by atoms with Crippen molar-refractivity contribution in [3.05, 3.63) is 0 Å². The molecular weight excluding hydrogens is 330 g/mol. The van der Waals surface area contributed by atoms with Gasteiger partial charge in [0.15, 0.2) is 5.96 Å². The minimum Gasteiger partial charge on any atom is -0.356 e. The second kappa shape index (κ2) is 10.4. The number of nitrogens with one attached hydrogen (secondary N) is 2. The van der Waals surface area contributed by atoms with Crippen LogP contribution in [-0.4, -0.2) is 73.9 Å². The van der Waals surface area contributed by atoms with Crippen molar-refractivity contribution in [1.82, 2.24) is 20.4 Å². The molecule has 0 radical (unpaired) electrons. The molecule has 0 bridgehead atoms. The number of likely N-dealkylation sites (N-methyl/N-ethyl adjacent to an activating group) is 2. The van der Waals surface area contributed by atoms with Gasteiger partial charge in [0, 0.05) is 33.2 Å². The molecule has 0 aromatic rings. The second-order valence-corrected chi connectivity index (χ2v) is 8.47. The first-order valence-corrected chi connectivity index (χ1v) is 9.59. The van der Waals surface area contributed by atoms with E-state index in [4.69, 9.17) is 0 Å². The van der Waals surface area contributed by atoms with Crippen LogP contribution in [0, 0.1) is 5.92 Å². The van der Waals surface area contributed by atoms with Gasteiger partial charge in [0.25, 0.3) is 0 Å². The van der Waals surface area contributed by atoms with Gasteiger partial charge in [0.1, 0.15) is 6.54 Å². The fraction of sp³-hybridized carbons (Fsp3) is 0.842. The molecule has 1 aliphatic carbocycles. The quantitative estimate of drug-likeness (QED) is 0.550. The summed E-state index contributed by atoms with van der Waals surface area (Å²) in [5.74, 6) is 1.12. The topological polar surface area (TPSA) is 77.0 Å². The maximum Gasteiger partial charge on any atom is 0.243 e. The molecule has 7 nitrogen and oxygen atoms in total. The van der Waals surface area contributed by atoms with Gasteiger partial charge in [-0.15, -0.1) is 0 Å². The predicted molar refractivity (Wildman–Crippen MR) is 106 cm³/mol. The lowest BCUT2D eigenvalue weighted by Gasteiger charge is -2.28. The molecule has 1 rings (SSSR count). The molecule has 0 unspecified atom stereocenters. The van der Waals surface area contributed by atoms with Crippen LogP contribution in [0.3, 0.4) is 0 Å². The number of hydrogen-bond acceptors (Lipinski definition) is 3. The Labute approximate surface area is 158 Å². The number of rotatable bonds is 6. The van der Waals surface area contributed by atoms with Crippen molar-refractivity contribution in [2.75, 3.05) is 40.8 Å². The van der Waals surface area contributed by atoms with E-state index in [9.17, 15) is 9.59 Å². The molecule has 0 atom stereocenters. The third-order valence-electron chi connectivity index (χ3n) is 4.39. The number of nitrogens with zero attached hydrogens (tertiary/aromatic N) is 3. The van der Waals surface area contributed by atoms with E-state index in [0.717, 1.165) is 6.54 Å². The lowest BCUT2D eigenvalue weighted by atomic mass is 9.89. The van der Waals surface area contributed by atoms with E-state index >= 15 is 0 Å². The lowest BCUT2D eigenvalue weighted by molar-refractivity contribution is -0.127. The zero-order valence-corrected chi connectivity index (χ0v) is 17.4. The molecule has 2 N–H and O–H groups in total. The summed E-state index contributed by atoms with van der Waals surface area (Å²) in [7, 11) is 5.26. The Kier molecular flexibility index (Phi) is 8.88. The third kappa shape index (κ3) is 9.06. The van der Waals surface area contributed by atoms with Crippen molar-refractivity contribution in [1.29, 1.82) is 0 Å². The van der Waals surface area contributed by atoms with Crippen LogP contribution < -0.4 is 10.6 Å². The monoisotopic (exact) mass is 367 g/mol. The van der Waals surface area contributed by atoms with Crippen molar-refractivity contribution in [2.45, 2.75) is 58.4 Å². The largest absolute Gasteiger partial charge is 0.356 e. The minimum atomic E-state index is -0.272. The fourth-order valence-corrected chi connectivity index (χ4v) is 2.97. The molecular formula is C19H37N5O2. The van der Waals surface area contributed by atoms with Crippen LogP contribution in [0.25, 0.3) is 0 Å². The van der Waals surface area contributed by atoms with Gasteiger partial charge in [-0.1, -0.05) is 19.3 Å².